The van der Waals surface area contributed by atoms with Gasteiger partial charge in [0.25, 0.3) is 0 Å². The molecule has 0 aromatic heterocycles. The van der Waals surface area contributed by atoms with Gasteiger partial charge in [-0.25, -0.2) is 0 Å². The van der Waals surface area contributed by atoms with Crippen LogP contribution in [0, 0.1) is 5.92 Å². The molecule has 0 aromatic carbocycles. The summed E-state index contributed by atoms with van der Waals surface area (Å²) >= 11 is 0. The van der Waals surface area contributed by atoms with E-state index in [0.29, 0.717) is 13.1 Å². The molecule has 0 heterocycles. The van der Waals surface area contributed by atoms with Crippen molar-refractivity contribution < 1.29 is 19.0 Å². The van der Waals surface area contributed by atoms with E-state index in [1.165, 1.54) is 7.11 Å². The van der Waals surface area contributed by atoms with Crippen molar-refractivity contribution in [1.82, 2.24) is 5.32 Å². The van der Waals surface area contributed by atoms with Crippen LogP contribution in [0.5, 0.6) is 0 Å². The largest absolute Gasteiger partial charge is 0.469 e. The molecule has 0 unspecified atom stereocenters. The Morgan fingerprint density at radius 1 is 1.21 bits per heavy atom. The van der Waals surface area contributed by atoms with Crippen LogP contribution in [0.15, 0.2) is 0 Å². The van der Waals surface area contributed by atoms with Crippen LogP contribution in [0.3, 0.4) is 0 Å². The summed E-state index contributed by atoms with van der Waals surface area (Å²) in [6, 6.07) is 0. The molecule has 84 valence electrons. The topological polar surface area (TPSA) is 56.8 Å². The molecule has 0 saturated heterocycles. The van der Waals surface area contributed by atoms with Crippen LogP contribution in [0.4, 0.5) is 0 Å². The van der Waals surface area contributed by atoms with Gasteiger partial charge in [-0.2, -0.15) is 0 Å². The summed E-state index contributed by atoms with van der Waals surface area (Å²) in [5, 5.41) is 3.05. The second-order valence-electron chi connectivity index (χ2n) is 2.98. The van der Waals surface area contributed by atoms with Gasteiger partial charge < -0.3 is 19.5 Å². The molecule has 0 aliphatic carbocycles. The third-order valence-corrected chi connectivity index (χ3v) is 1.89. The van der Waals surface area contributed by atoms with E-state index in [0.717, 1.165) is 0 Å². The quantitative estimate of drug-likeness (QED) is 0.468. The van der Waals surface area contributed by atoms with Crippen molar-refractivity contribution in [2.24, 2.45) is 5.92 Å². The Kier molecular flexibility index (Phi) is 7.37. The number of carbonyl (C=O) groups is 1. The summed E-state index contributed by atoms with van der Waals surface area (Å²) in [4.78, 5) is 11.0. The average molecular weight is 205 g/mol. The van der Waals surface area contributed by atoms with Gasteiger partial charge in [-0.15, -0.1) is 0 Å². The van der Waals surface area contributed by atoms with Gasteiger partial charge in [-0.3, -0.25) is 4.79 Å². The normalized spacial score (nSPS) is 12.9. The van der Waals surface area contributed by atoms with Crippen LogP contribution < -0.4 is 5.32 Å². The van der Waals surface area contributed by atoms with Crippen molar-refractivity contribution in [2.75, 3.05) is 34.4 Å². The maximum atomic E-state index is 11.0. The fraction of sp³-hybridized carbons (Fsp3) is 0.889. The smallest absolute Gasteiger partial charge is 0.309 e. The summed E-state index contributed by atoms with van der Waals surface area (Å²) < 4.78 is 14.5. The number of rotatable bonds is 7. The number of nitrogens with one attached hydrogen (secondary N) is 1. The zero-order chi connectivity index (χ0) is 11.0. The highest BCUT2D eigenvalue weighted by atomic mass is 16.7. The van der Waals surface area contributed by atoms with Crippen molar-refractivity contribution in [3.05, 3.63) is 0 Å². The minimum Gasteiger partial charge on any atom is -0.469 e. The molecule has 0 spiro atoms. The summed E-state index contributed by atoms with van der Waals surface area (Å²) in [7, 11) is 4.52. The van der Waals surface area contributed by atoms with Crippen molar-refractivity contribution in [1.29, 1.82) is 0 Å². The molecule has 1 atom stereocenters. The molecule has 0 rings (SSSR count). The molecule has 0 aliphatic heterocycles. The highest BCUT2D eigenvalue weighted by molar-refractivity contribution is 5.71. The summed E-state index contributed by atoms with van der Waals surface area (Å²) in [5.41, 5.74) is 0. The number of ether oxygens (including phenoxy) is 3. The van der Waals surface area contributed by atoms with Gasteiger partial charge in [-0.05, 0) is 0 Å². The predicted octanol–water partition coefficient (Wildman–Crippen LogP) is 0.00400. The van der Waals surface area contributed by atoms with Crippen molar-refractivity contribution in [3.8, 4) is 0 Å². The van der Waals surface area contributed by atoms with Crippen LogP contribution in [0.25, 0.3) is 0 Å². The van der Waals surface area contributed by atoms with E-state index in [1.807, 2.05) is 0 Å². The lowest BCUT2D eigenvalue weighted by molar-refractivity contribution is -0.144. The fourth-order valence-corrected chi connectivity index (χ4v) is 0.965. The van der Waals surface area contributed by atoms with Crippen molar-refractivity contribution in [3.63, 3.8) is 0 Å². The first-order valence-electron chi connectivity index (χ1n) is 4.49. The van der Waals surface area contributed by atoms with E-state index in [9.17, 15) is 4.79 Å². The number of hydrogen-bond donors (Lipinski definition) is 1. The first-order valence-corrected chi connectivity index (χ1v) is 4.49. The maximum absolute atomic E-state index is 11.0. The molecule has 0 bridgehead atoms. The van der Waals surface area contributed by atoms with E-state index < -0.39 is 0 Å². The molecule has 0 aliphatic rings. The third kappa shape index (κ3) is 5.16. The van der Waals surface area contributed by atoms with Gasteiger partial charge in [0.2, 0.25) is 0 Å². The van der Waals surface area contributed by atoms with E-state index in [-0.39, 0.29) is 18.2 Å². The van der Waals surface area contributed by atoms with Crippen LogP contribution in [0.1, 0.15) is 6.92 Å². The van der Waals surface area contributed by atoms with E-state index in [1.54, 1.807) is 21.1 Å². The lowest BCUT2D eigenvalue weighted by Crippen LogP contribution is -2.34. The monoisotopic (exact) mass is 205 g/mol. The standard InChI is InChI=1S/C9H19NO4/c1-7(9(11)14-4)5-10-6-8(12-2)13-3/h7-8,10H,5-6H2,1-4H3/t7-/m1/s1. The summed E-state index contributed by atoms with van der Waals surface area (Å²) in [5.74, 6) is -0.377. The molecule has 0 amide bonds. The van der Waals surface area contributed by atoms with Crippen LogP contribution in [0.2, 0.25) is 0 Å². The van der Waals surface area contributed by atoms with E-state index in [2.05, 4.69) is 10.1 Å². The molecular formula is C9H19NO4. The highest BCUT2D eigenvalue weighted by Gasteiger charge is 2.13. The Hall–Kier alpha value is -0.650. The summed E-state index contributed by atoms with van der Waals surface area (Å²) in [6.07, 6.45) is -0.278. The Morgan fingerprint density at radius 2 is 1.79 bits per heavy atom. The molecule has 1 N–H and O–H groups in total. The minimum absolute atomic E-state index is 0.158. The number of hydrogen-bond acceptors (Lipinski definition) is 5. The first kappa shape index (κ1) is 13.4. The van der Waals surface area contributed by atoms with E-state index in [4.69, 9.17) is 9.47 Å². The van der Waals surface area contributed by atoms with Crippen molar-refractivity contribution >= 4 is 5.97 Å². The zero-order valence-electron chi connectivity index (χ0n) is 9.20. The van der Waals surface area contributed by atoms with Gasteiger partial charge in [0.15, 0.2) is 6.29 Å². The molecule has 5 heteroatoms. The predicted molar refractivity (Wildman–Crippen MR) is 51.9 cm³/mol. The van der Waals surface area contributed by atoms with E-state index >= 15 is 0 Å². The zero-order valence-corrected chi connectivity index (χ0v) is 9.20. The Bertz CT molecular complexity index is 159. The Balaban J connectivity index is 3.57. The Labute approximate surface area is 84.7 Å². The average Bonchev–Trinajstić information content (AvgIpc) is 2.22. The van der Waals surface area contributed by atoms with Gasteiger partial charge in [0.1, 0.15) is 0 Å². The molecule has 0 aromatic rings. The number of carbonyl (C=O) groups excluding carboxylic acids is 1. The second-order valence-corrected chi connectivity index (χ2v) is 2.98. The van der Waals surface area contributed by atoms with Crippen LogP contribution >= 0.6 is 0 Å². The third-order valence-electron chi connectivity index (χ3n) is 1.89. The van der Waals surface area contributed by atoms with Gasteiger partial charge in [-0.1, -0.05) is 6.92 Å². The number of esters is 1. The van der Waals surface area contributed by atoms with Crippen LogP contribution in [-0.2, 0) is 19.0 Å². The van der Waals surface area contributed by atoms with Gasteiger partial charge >= 0.3 is 5.97 Å². The molecular weight excluding hydrogens is 186 g/mol. The minimum atomic E-state index is -0.278. The van der Waals surface area contributed by atoms with Crippen molar-refractivity contribution in [2.45, 2.75) is 13.2 Å². The Morgan fingerprint density at radius 3 is 2.21 bits per heavy atom. The van der Waals surface area contributed by atoms with Gasteiger partial charge in [0.05, 0.1) is 13.0 Å². The molecule has 0 radical (unpaired) electrons. The second kappa shape index (κ2) is 7.73. The lowest BCUT2D eigenvalue weighted by Gasteiger charge is -2.15. The molecule has 14 heavy (non-hydrogen) atoms. The highest BCUT2D eigenvalue weighted by Crippen LogP contribution is 1.95. The molecule has 5 nitrogen and oxygen atoms in total. The van der Waals surface area contributed by atoms with Gasteiger partial charge in [0, 0.05) is 27.3 Å². The first-order chi connectivity index (χ1) is 6.65. The fourth-order valence-electron chi connectivity index (χ4n) is 0.965. The lowest BCUT2D eigenvalue weighted by atomic mass is 10.2. The maximum Gasteiger partial charge on any atom is 0.309 e. The van der Waals surface area contributed by atoms with Crippen LogP contribution in [-0.4, -0.2) is 46.7 Å². The summed E-state index contributed by atoms with van der Waals surface area (Å²) in [6.45, 7) is 2.90. The SMILES string of the molecule is COC(=O)[C@H](C)CNCC(OC)OC. The molecule has 0 fully saturated rings. The molecule has 0 saturated carbocycles. The number of methoxy groups -OCH3 is 3.